The fraction of sp³-hybridized carbons (Fsp3) is 0.278. The van der Waals surface area contributed by atoms with E-state index in [2.05, 4.69) is 15.6 Å². The van der Waals surface area contributed by atoms with Crippen molar-refractivity contribution in [1.82, 2.24) is 10.3 Å². The standard InChI is InChI=1S/C18H19N3O2/c22-15(7-10-20-17-3-1-2-8-19-17)12-13-4-5-16-14(11-13)6-9-21-18(16)23/h1-5,8,11H,6-7,9-10,12H2,(H,19,20)(H,21,23). The van der Waals surface area contributed by atoms with Gasteiger partial charge in [-0.25, -0.2) is 4.98 Å². The summed E-state index contributed by atoms with van der Waals surface area (Å²) in [7, 11) is 0. The zero-order valence-electron chi connectivity index (χ0n) is 12.8. The van der Waals surface area contributed by atoms with Crippen molar-refractivity contribution < 1.29 is 9.59 Å². The van der Waals surface area contributed by atoms with Gasteiger partial charge in [0.15, 0.2) is 0 Å². The molecule has 2 N–H and O–H groups in total. The van der Waals surface area contributed by atoms with E-state index >= 15 is 0 Å². The van der Waals surface area contributed by atoms with Gasteiger partial charge >= 0.3 is 0 Å². The summed E-state index contributed by atoms with van der Waals surface area (Å²) >= 11 is 0. The molecule has 0 unspecified atom stereocenters. The quantitative estimate of drug-likeness (QED) is 0.856. The maximum atomic E-state index is 12.1. The Labute approximate surface area is 135 Å². The number of carbonyl (C=O) groups excluding carboxylic acids is 2. The van der Waals surface area contributed by atoms with E-state index in [1.165, 1.54) is 0 Å². The summed E-state index contributed by atoms with van der Waals surface area (Å²) in [5.41, 5.74) is 2.73. The van der Waals surface area contributed by atoms with E-state index < -0.39 is 0 Å². The van der Waals surface area contributed by atoms with Crippen LogP contribution in [0.1, 0.15) is 27.9 Å². The van der Waals surface area contributed by atoms with Crippen molar-refractivity contribution in [3.63, 3.8) is 0 Å². The molecule has 0 radical (unpaired) electrons. The van der Waals surface area contributed by atoms with Crippen molar-refractivity contribution in [3.05, 3.63) is 59.3 Å². The van der Waals surface area contributed by atoms with Crippen LogP contribution in [0.3, 0.4) is 0 Å². The fourth-order valence-corrected chi connectivity index (χ4v) is 2.70. The molecule has 1 aliphatic heterocycles. The Balaban J connectivity index is 1.53. The van der Waals surface area contributed by atoms with E-state index in [9.17, 15) is 9.59 Å². The molecule has 0 saturated heterocycles. The lowest BCUT2D eigenvalue weighted by Gasteiger charge is -2.17. The number of aromatic nitrogens is 1. The summed E-state index contributed by atoms with van der Waals surface area (Å²) in [6.45, 7) is 1.24. The highest BCUT2D eigenvalue weighted by atomic mass is 16.1. The molecule has 0 bridgehead atoms. The van der Waals surface area contributed by atoms with Crippen LogP contribution in [0.2, 0.25) is 0 Å². The van der Waals surface area contributed by atoms with Crippen LogP contribution < -0.4 is 10.6 Å². The Bertz CT molecular complexity index is 713. The van der Waals surface area contributed by atoms with Gasteiger partial charge in [-0.3, -0.25) is 9.59 Å². The van der Waals surface area contributed by atoms with Gasteiger partial charge in [-0.15, -0.1) is 0 Å². The van der Waals surface area contributed by atoms with E-state index in [1.807, 2.05) is 36.4 Å². The normalized spacial score (nSPS) is 13.1. The molecular formula is C18H19N3O2. The average Bonchev–Trinajstić information content (AvgIpc) is 2.56. The van der Waals surface area contributed by atoms with E-state index in [4.69, 9.17) is 0 Å². The molecule has 2 heterocycles. The molecular weight excluding hydrogens is 290 g/mol. The minimum absolute atomic E-state index is 0.0244. The first-order chi connectivity index (χ1) is 11.2. The van der Waals surface area contributed by atoms with Gasteiger partial charge in [0.2, 0.25) is 0 Å². The number of nitrogens with zero attached hydrogens (tertiary/aromatic N) is 1. The lowest BCUT2D eigenvalue weighted by atomic mass is 9.95. The van der Waals surface area contributed by atoms with Crippen LogP contribution in [0, 0.1) is 0 Å². The van der Waals surface area contributed by atoms with Gasteiger partial charge in [0.25, 0.3) is 5.91 Å². The van der Waals surface area contributed by atoms with Gasteiger partial charge in [-0.1, -0.05) is 18.2 Å². The Hall–Kier alpha value is -2.69. The highest BCUT2D eigenvalue weighted by molar-refractivity contribution is 5.96. The van der Waals surface area contributed by atoms with Crippen LogP contribution in [-0.2, 0) is 17.6 Å². The molecule has 5 nitrogen and oxygen atoms in total. The van der Waals surface area contributed by atoms with Gasteiger partial charge in [0.05, 0.1) is 0 Å². The van der Waals surface area contributed by atoms with Crippen molar-refractivity contribution in [2.45, 2.75) is 19.3 Å². The van der Waals surface area contributed by atoms with E-state index in [1.54, 1.807) is 6.20 Å². The predicted molar refractivity (Wildman–Crippen MR) is 88.5 cm³/mol. The lowest BCUT2D eigenvalue weighted by molar-refractivity contribution is -0.118. The molecule has 0 aliphatic carbocycles. The third-order valence-corrected chi connectivity index (χ3v) is 3.87. The Morgan fingerprint density at radius 3 is 3.00 bits per heavy atom. The van der Waals surface area contributed by atoms with Crippen LogP contribution in [0.25, 0.3) is 0 Å². The van der Waals surface area contributed by atoms with E-state index in [0.717, 1.165) is 28.9 Å². The van der Waals surface area contributed by atoms with E-state index in [0.29, 0.717) is 25.9 Å². The topological polar surface area (TPSA) is 71.1 Å². The summed E-state index contributed by atoms with van der Waals surface area (Å²) in [5, 5.41) is 5.95. The summed E-state index contributed by atoms with van der Waals surface area (Å²) in [6.07, 6.45) is 3.39. The van der Waals surface area contributed by atoms with Crippen molar-refractivity contribution in [2.75, 3.05) is 18.4 Å². The summed E-state index contributed by atoms with van der Waals surface area (Å²) in [6, 6.07) is 11.3. The van der Waals surface area contributed by atoms with Gasteiger partial charge in [0.1, 0.15) is 11.6 Å². The van der Waals surface area contributed by atoms with Crippen LogP contribution in [0.4, 0.5) is 5.82 Å². The number of hydrogen-bond acceptors (Lipinski definition) is 4. The van der Waals surface area contributed by atoms with Crippen molar-refractivity contribution in [3.8, 4) is 0 Å². The van der Waals surface area contributed by atoms with Gasteiger partial charge in [-0.2, -0.15) is 0 Å². The summed E-state index contributed by atoms with van der Waals surface area (Å²) in [4.78, 5) is 28.0. The Kier molecular flexibility index (Phi) is 4.66. The second-order valence-electron chi connectivity index (χ2n) is 5.60. The SMILES string of the molecule is O=C(CCNc1ccccn1)Cc1ccc2c(c1)CCNC2=O. The number of carbonyl (C=O) groups is 2. The van der Waals surface area contributed by atoms with Gasteiger partial charge < -0.3 is 10.6 Å². The van der Waals surface area contributed by atoms with Crippen molar-refractivity contribution in [1.29, 1.82) is 0 Å². The number of fused-ring (bicyclic) bond motifs is 1. The third-order valence-electron chi connectivity index (χ3n) is 3.87. The van der Waals surface area contributed by atoms with Crippen LogP contribution >= 0.6 is 0 Å². The average molecular weight is 309 g/mol. The number of benzene rings is 1. The number of amides is 1. The first-order valence-electron chi connectivity index (χ1n) is 7.79. The molecule has 0 atom stereocenters. The maximum Gasteiger partial charge on any atom is 0.251 e. The lowest BCUT2D eigenvalue weighted by Crippen LogP contribution is -2.31. The molecule has 1 aromatic heterocycles. The van der Waals surface area contributed by atoms with E-state index in [-0.39, 0.29) is 11.7 Å². The Morgan fingerprint density at radius 1 is 1.26 bits per heavy atom. The maximum absolute atomic E-state index is 12.1. The number of pyridine rings is 1. The number of anilines is 1. The number of rotatable bonds is 6. The molecule has 23 heavy (non-hydrogen) atoms. The zero-order valence-corrected chi connectivity index (χ0v) is 12.8. The number of Topliss-reactive ketones (excluding diaryl/α,β-unsaturated/α-hetero) is 1. The molecule has 1 aliphatic rings. The van der Waals surface area contributed by atoms with Gasteiger partial charge in [-0.05, 0) is 35.7 Å². The van der Waals surface area contributed by atoms with Crippen molar-refractivity contribution in [2.24, 2.45) is 0 Å². The predicted octanol–water partition coefficient (Wildman–Crippen LogP) is 1.98. The van der Waals surface area contributed by atoms with Crippen LogP contribution in [-0.4, -0.2) is 29.8 Å². The first-order valence-corrected chi connectivity index (χ1v) is 7.79. The largest absolute Gasteiger partial charge is 0.370 e. The van der Waals surface area contributed by atoms with Crippen molar-refractivity contribution >= 4 is 17.5 Å². The molecule has 5 heteroatoms. The number of hydrogen-bond donors (Lipinski definition) is 2. The summed E-state index contributed by atoms with van der Waals surface area (Å²) < 4.78 is 0. The second-order valence-corrected chi connectivity index (χ2v) is 5.60. The monoisotopic (exact) mass is 309 g/mol. The smallest absolute Gasteiger partial charge is 0.251 e. The number of ketones is 1. The minimum Gasteiger partial charge on any atom is -0.370 e. The number of nitrogens with one attached hydrogen (secondary N) is 2. The molecule has 118 valence electrons. The molecule has 0 saturated carbocycles. The highest BCUT2D eigenvalue weighted by Gasteiger charge is 2.16. The second kappa shape index (κ2) is 7.05. The Morgan fingerprint density at radius 2 is 2.17 bits per heavy atom. The first kappa shape index (κ1) is 15.2. The molecule has 2 aromatic rings. The molecule has 1 aromatic carbocycles. The van der Waals surface area contributed by atoms with Gasteiger partial charge in [0, 0.05) is 37.7 Å². The third kappa shape index (κ3) is 3.94. The molecule has 0 fully saturated rings. The summed E-state index contributed by atoms with van der Waals surface area (Å²) in [5.74, 6) is 0.928. The van der Waals surface area contributed by atoms with Crippen LogP contribution in [0.5, 0.6) is 0 Å². The van der Waals surface area contributed by atoms with Crippen LogP contribution in [0.15, 0.2) is 42.6 Å². The minimum atomic E-state index is -0.0244. The zero-order chi connectivity index (χ0) is 16.1. The fourth-order valence-electron chi connectivity index (χ4n) is 2.70. The molecule has 1 amide bonds. The molecule has 3 rings (SSSR count). The highest BCUT2D eigenvalue weighted by Crippen LogP contribution is 2.16. The molecule has 0 spiro atoms.